The summed E-state index contributed by atoms with van der Waals surface area (Å²) in [6.07, 6.45) is 3.90. The molecule has 2 rings (SSSR count). The molecule has 1 aromatic rings. The van der Waals surface area contributed by atoms with Crippen LogP contribution in [0.5, 0.6) is 0 Å². The first-order valence-corrected chi connectivity index (χ1v) is 11.8. The first kappa shape index (κ1) is 24.5. The number of aliphatic hydroxyl groups excluding tert-OH is 2. The van der Waals surface area contributed by atoms with Crippen molar-refractivity contribution in [1.82, 2.24) is 0 Å². The Balaban J connectivity index is 2.02. The maximum atomic E-state index is 12.5. The normalized spacial score (nSPS) is 21.5. The number of rotatable bonds is 9. The van der Waals surface area contributed by atoms with Crippen LogP contribution in [-0.2, 0) is 19.1 Å². The zero-order valence-electron chi connectivity index (χ0n) is 18.1. The molecule has 1 aliphatic rings. The standard InChI is InChI=1S/C22H33NO6S/c1-22(2,3)21(26)16-10-12-17(13-11-16)23-18(19(24)15-20(23)25)9-7-5-6-8-14-30(27,28)29-4/h5,7,10-13,18-19,21,24,26H,6,8-9,14-15H2,1-4H3. The van der Waals surface area contributed by atoms with Crippen LogP contribution in [0.1, 0.15) is 58.1 Å². The molecule has 0 saturated carbocycles. The first-order valence-electron chi connectivity index (χ1n) is 10.2. The van der Waals surface area contributed by atoms with Gasteiger partial charge in [0.05, 0.1) is 37.5 Å². The number of nitrogens with zero attached hydrogens (tertiary/aromatic N) is 1. The van der Waals surface area contributed by atoms with Crippen LogP contribution in [0.2, 0.25) is 0 Å². The zero-order chi connectivity index (χ0) is 22.5. The fraction of sp³-hybridized carbons (Fsp3) is 0.591. The van der Waals surface area contributed by atoms with E-state index >= 15 is 0 Å². The van der Waals surface area contributed by atoms with Crippen molar-refractivity contribution >= 4 is 21.7 Å². The van der Waals surface area contributed by atoms with Gasteiger partial charge in [-0.3, -0.25) is 8.98 Å². The minimum Gasteiger partial charge on any atom is -0.390 e. The van der Waals surface area contributed by atoms with Gasteiger partial charge < -0.3 is 15.1 Å². The van der Waals surface area contributed by atoms with E-state index in [1.807, 2.05) is 45.1 Å². The summed E-state index contributed by atoms with van der Waals surface area (Å²) in [7, 11) is -2.30. The number of allylic oxidation sites excluding steroid dienone is 1. The third kappa shape index (κ3) is 6.38. The van der Waals surface area contributed by atoms with E-state index in [9.17, 15) is 23.4 Å². The Kier molecular flexibility index (Phi) is 8.21. The molecule has 2 N–H and O–H groups in total. The van der Waals surface area contributed by atoms with Gasteiger partial charge in [-0.25, -0.2) is 0 Å². The molecule has 3 atom stereocenters. The molecule has 0 aliphatic carbocycles. The van der Waals surface area contributed by atoms with Gasteiger partial charge in [0, 0.05) is 5.69 Å². The summed E-state index contributed by atoms with van der Waals surface area (Å²) in [5.74, 6) is -0.187. The van der Waals surface area contributed by atoms with Crippen LogP contribution in [0, 0.1) is 5.41 Å². The second kappa shape index (κ2) is 10.0. The molecular formula is C22H33NO6S. The highest BCUT2D eigenvalue weighted by Gasteiger charge is 2.38. The number of benzene rings is 1. The van der Waals surface area contributed by atoms with E-state index < -0.39 is 22.3 Å². The Bertz CT molecular complexity index is 841. The van der Waals surface area contributed by atoms with Crippen LogP contribution in [0.3, 0.4) is 0 Å². The SMILES string of the molecule is COS(=O)(=O)CCCC=CCC1C(O)CC(=O)N1c1ccc(C(O)C(C)(C)C)cc1. The molecule has 1 fully saturated rings. The van der Waals surface area contributed by atoms with Gasteiger partial charge in [-0.2, -0.15) is 8.42 Å². The Morgan fingerprint density at radius 1 is 1.23 bits per heavy atom. The van der Waals surface area contributed by atoms with Gasteiger partial charge >= 0.3 is 0 Å². The number of carbonyl (C=O) groups is 1. The lowest BCUT2D eigenvalue weighted by Gasteiger charge is -2.28. The lowest BCUT2D eigenvalue weighted by Crippen LogP contribution is -2.36. The molecule has 7 nitrogen and oxygen atoms in total. The molecule has 1 saturated heterocycles. The summed E-state index contributed by atoms with van der Waals surface area (Å²) in [6, 6.07) is 6.84. The van der Waals surface area contributed by atoms with E-state index in [0.717, 1.165) is 12.7 Å². The van der Waals surface area contributed by atoms with E-state index in [2.05, 4.69) is 4.18 Å². The molecule has 1 aromatic carbocycles. The van der Waals surface area contributed by atoms with Gasteiger partial charge in [-0.15, -0.1) is 0 Å². The maximum Gasteiger partial charge on any atom is 0.267 e. The Morgan fingerprint density at radius 2 is 1.87 bits per heavy atom. The van der Waals surface area contributed by atoms with Crippen LogP contribution in [-0.4, -0.2) is 49.5 Å². The summed E-state index contributed by atoms with van der Waals surface area (Å²) in [5.41, 5.74) is 1.17. The second-order valence-corrected chi connectivity index (χ2v) is 10.6. The van der Waals surface area contributed by atoms with Crippen molar-refractivity contribution < 1.29 is 27.6 Å². The van der Waals surface area contributed by atoms with Crippen LogP contribution in [0.15, 0.2) is 36.4 Å². The molecule has 1 amide bonds. The Morgan fingerprint density at radius 3 is 2.43 bits per heavy atom. The highest BCUT2D eigenvalue weighted by Crippen LogP contribution is 2.35. The van der Waals surface area contributed by atoms with Gasteiger partial charge in [0.15, 0.2) is 0 Å². The van der Waals surface area contributed by atoms with E-state index in [0.29, 0.717) is 24.9 Å². The smallest absolute Gasteiger partial charge is 0.267 e. The summed E-state index contributed by atoms with van der Waals surface area (Å²) in [4.78, 5) is 14.1. The van der Waals surface area contributed by atoms with E-state index in [1.54, 1.807) is 17.0 Å². The van der Waals surface area contributed by atoms with Crippen molar-refractivity contribution in [3.8, 4) is 0 Å². The number of amides is 1. The largest absolute Gasteiger partial charge is 0.390 e. The summed E-state index contributed by atoms with van der Waals surface area (Å²) < 4.78 is 27.0. The third-order valence-electron chi connectivity index (χ3n) is 5.30. The Hall–Kier alpha value is -1.74. The van der Waals surface area contributed by atoms with Crippen LogP contribution in [0.25, 0.3) is 0 Å². The van der Waals surface area contributed by atoms with E-state index in [4.69, 9.17) is 0 Å². The average Bonchev–Trinajstić information content (AvgIpc) is 2.96. The van der Waals surface area contributed by atoms with E-state index in [-0.39, 0.29) is 29.5 Å². The quantitative estimate of drug-likeness (QED) is 0.348. The summed E-state index contributed by atoms with van der Waals surface area (Å²) in [5, 5.41) is 20.8. The van der Waals surface area contributed by atoms with Gasteiger partial charge in [-0.1, -0.05) is 45.1 Å². The third-order valence-corrected chi connectivity index (χ3v) is 6.60. The van der Waals surface area contributed by atoms with Crippen LogP contribution >= 0.6 is 0 Å². The van der Waals surface area contributed by atoms with Crippen molar-refractivity contribution in [2.75, 3.05) is 17.8 Å². The second-order valence-electron chi connectivity index (χ2n) is 8.74. The van der Waals surface area contributed by atoms with Gasteiger partial charge in [-0.05, 0) is 42.4 Å². The summed E-state index contributed by atoms with van der Waals surface area (Å²) >= 11 is 0. The summed E-state index contributed by atoms with van der Waals surface area (Å²) in [6.45, 7) is 5.87. The van der Waals surface area contributed by atoms with Crippen molar-refractivity contribution in [2.45, 2.75) is 64.7 Å². The molecule has 0 aromatic heterocycles. The van der Waals surface area contributed by atoms with Gasteiger partial charge in [0.25, 0.3) is 10.1 Å². The molecule has 1 aliphatic heterocycles. The lowest BCUT2D eigenvalue weighted by atomic mass is 9.85. The molecule has 30 heavy (non-hydrogen) atoms. The Labute approximate surface area is 179 Å². The van der Waals surface area contributed by atoms with Crippen LogP contribution < -0.4 is 4.90 Å². The van der Waals surface area contributed by atoms with Crippen molar-refractivity contribution in [1.29, 1.82) is 0 Å². The van der Waals surface area contributed by atoms with Gasteiger partial charge in [0.2, 0.25) is 5.91 Å². The number of hydrogen-bond acceptors (Lipinski definition) is 6. The average molecular weight is 440 g/mol. The predicted molar refractivity (Wildman–Crippen MR) is 117 cm³/mol. The minimum atomic E-state index is -3.45. The molecular weight excluding hydrogens is 406 g/mol. The first-order chi connectivity index (χ1) is 14.0. The van der Waals surface area contributed by atoms with Crippen molar-refractivity contribution in [2.24, 2.45) is 5.41 Å². The minimum absolute atomic E-state index is 0.0444. The number of anilines is 1. The number of unbranched alkanes of at least 4 members (excludes halogenated alkanes) is 1. The molecule has 1 heterocycles. The number of aliphatic hydroxyl groups is 2. The molecule has 168 valence electrons. The molecule has 0 spiro atoms. The fourth-order valence-corrected chi connectivity index (χ4v) is 4.19. The van der Waals surface area contributed by atoms with Crippen molar-refractivity contribution in [3.63, 3.8) is 0 Å². The molecule has 8 heteroatoms. The highest BCUT2D eigenvalue weighted by molar-refractivity contribution is 7.86. The molecule has 0 bridgehead atoms. The van der Waals surface area contributed by atoms with E-state index in [1.165, 1.54) is 0 Å². The number of carbonyl (C=O) groups excluding carboxylic acids is 1. The monoisotopic (exact) mass is 439 g/mol. The fourth-order valence-electron chi connectivity index (χ4n) is 3.50. The molecule has 0 radical (unpaired) electrons. The van der Waals surface area contributed by atoms with Crippen LogP contribution in [0.4, 0.5) is 5.69 Å². The number of hydrogen-bond donors (Lipinski definition) is 2. The topological polar surface area (TPSA) is 104 Å². The maximum absolute atomic E-state index is 12.5. The molecule has 3 unspecified atom stereocenters. The van der Waals surface area contributed by atoms with Gasteiger partial charge in [0.1, 0.15) is 0 Å². The predicted octanol–water partition coefficient (Wildman–Crippen LogP) is 2.94. The lowest BCUT2D eigenvalue weighted by molar-refractivity contribution is -0.117. The zero-order valence-corrected chi connectivity index (χ0v) is 18.9. The highest BCUT2D eigenvalue weighted by atomic mass is 32.2. The van der Waals surface area contributed by atoms with Crippen molar-refractivity contribution in [3.05, 3.63) is 42.0 Å².